The molecule has 3 aromatic rings. The summed E-state index contributed by atoms with van der Waals surface area (Å²) in [6.45, 7) is 6.14. The Morgan fingerprint density at radius 3 is 2.36 bits per heavy atom. The number of nitrogens with zero attached hydrogens (tertiary/aromatic N) is 1. The van der Waals surface area contributed by atoms with E-state index in [1.165, 1.54) is 5.56 Å². The fourth-order valence-corrected chi connectivity index (χ4v) is 2.88. The first kappa shape index (κ1) is 16.9. The first-order valence-electron chi connectivity index (χ1n) is 8.39. The third kappa shape index (κ3) is 3.94. The van der Waals surface area contributed by atoms with E-state index >= 15 is 0 Å². The summed E-state index contributed by atoms with van der Waals surface area (Å²) in [5.41, 5.74) is 6.16. The molecule has 0 saturated carbocycles. The fourth-order valence-electron chi connectivity index (χ4n) is 2.88. The number of nitrogens with one attached hydrogen (secondary N) is 1. The van der Waals surface area contributed by atoms with E-state index in [-0.39, 0.29) is 11.9 Å². The topological polar surface area (TPSA) is 42.0 Å². The highest BCUT2D eigenvalue weighted by molar-refractivity contribution is 5.94. The Labute approximate surface area is 148 Å². The highest BCUT2D eigenvalue weighted by Crippen LogP contribution is 2.26. The van der Waals surface area contributed by atoms with Crippen LogP contribution in [0.3, 0.4) is 0 Å². The quantitative estimate of drug-likeness (QED) is 0.764. The maximum atomic E-state index is 12.8. The van der Waals surface area contributed by atoms with Crippen LogP contribution in [-0.4, -0.2) is 10.9 Å². The van der Waals surface area contributed by atoms with Crippen molar-refractivity contribution in [2.24, 2.45) is 0 Å². The Kier molecular flexibility index (Phi) is 4.94. The van der Waals surface area contributed by atoms with Crippen molar-refractivity contribution in [3.8, 4) is 0 Å². The molecule has 0 fully saturated rings. The summed E-state index contributed by atoms with van der Waals surface area (Å²) in [5, 5.41) is 3.17. The Balaban J connectivity index is 1.98. The molecule has 0 saturated heterocycles. The van der Waals surface area contributed by atoms with Crippen molar-refractivity contribution >= 4 is 5.91 Å². The zero-order chi connectivity index (χ0) is 17.8. The zero-order valence-electron chi connectivity index (χ0n) is 14.8. The van der Waals surface area contributed by atoms with E-state index in [4.69, 9.17) is 0 Å². The molecule has 1 N–H and O–H groups in total. The molecule has 0 unspecified atom stereocenters. The molecule has 3 heteroatoms. The van der Waals surface area contributed by atoms with Crippen molar-refractivity contribution in [2.45, 2.75) is 26.8 Å². The maximum Gasteiger partial charge on any atom is 0.252 e. The highest BCUT2D eigenvalue weighted by atomic mass is 16.1. The van der Waals surface area contributed by atoms with Crippen LogP contribution in [0.1, 0.15) is 44.2 Å². The number of aromatic nitrogens is 1. The number of rotatable bonds is 4. The average Bonchev–Trinajstić information content (AvgIpc) is 2.63. The van der Waals surface area contributed by atoms with E-state index in [1.54, 1.807) is 6.20 Å². The molecule has 1 atom stereocenters. The summed E-state index contributed by atoms with van der Waals surface area (Å²) in [5.74, 6) is -0.0882. The summed E-state index contributed by atoms with van der Waals surface area (Å²) in [6, 6.07) is 17.6. The molecule has 0 radical (unpaired) electrons. The van der Waals surface area contributed by atoms with Gasteiger partial charge in [0.25, 0.3) is 5.91 Å². The minimum Gasteiger partial charge on any atom is -0.341 e. The van der Waals surface area contributed by atoms with E-state index in [9.17, 15) is 4.79 Å². The Hall–Kier alpha value is -2.94. The molecule has 0 aliphatic carbocycles. The van der Waals surface area contributed by atoms with Crippen LogP contribution in [0.4, 0.5) is 0 Å². The molecular formula is C22H22N2O. The van der Waals surface area contributed by atoms with Crippen LogP contribution in [0.25, 0.3) is 0 Å². The molecule has 3 nitrogen and oxygen atoms in total. The van der Waals surface area contributed by atoms with E-state index < -0.39 is 0 Å². The van der Waals surface area contributed by atoms with Gasteiger partial charge in [0, 0.05) is 18.0 Å². The number of hydrogen-bond donors (Lipinski definition) is 1. The highest BCUT2D eigenvalue weighted by Gasteiger charge is 2.20. The smallest absolute Gasteiger partial charge is 0.252 e. The van der Waals surface area contributed by atoms with Crippen LogP contribution in [0, 0.1) is 20.8 Å². The molecule has 1 amide bonds. The average molecular weight is 330 g/mol. The van der Waals surface area contributed by atoms with Gasteiger partial charge in [-0.05, 0) is 55.7 Å². The number of carbonyl (C=O) groups excluding carboxylic acids is 1. The van der Waals surface area contributed by atoms with Gasteiger partial charge in [0.2, 0.25) is 0 Å². The molecular weight excluding hydrogens is 308 g/mol. The number of pyridine rings is 1. The summed E-state index contributed by atoms with van der Waals surface area (Å²) >= 11 is 0. The maximum absolute atomic E-state index is 12.8. The van der Waals surface area contributed by atoms with Gasteiger partial charge in [-0.25, -0.2) is 0 Å². The van der Waals surface area contributed by atoms with E-state index in [1.807, 2.05) is 49.5 Å². The number of carbonyl (C=O) groups is 1. The first-order valence-corrected chi connectivity index (χ1v) is 8.39. The lowest BCUT2D eigenvalue weighted by Crippen LogP contribution is -2.30. The molecule has 0 aliphatic rings. The monoisotopic (exact) mass is 330 g/mol. The van der Waals surface area contributed by atoms with Crippen molar-refractivity contribution in [3.05, 3.63) is 100 Å². The Morgan fingerprint density at radius 2 is 1.68 bits per heavy atom. The van der Waals surface area contributed by atoms with E-state index in [0.29, 0.717) is 5.56 Å². The predicted octanol–water partition coefficient (Wildman–Crippen LogP) is 4.53. The molecule has 1 aromatic heterocycles. The fraction of sp³-hybridized carbons (Fsp3) is 0.182. The number of hydrogen-bond acceptors (Lipinski definition) is 2. The van der Waals surface area contributed by atoms with Gasteiger partial charge in [-0.1, -0.05) is 47.5 Å². The lowest BCUT2D eigenvalue weighted by Gasteiger charge is -2.22. The third-order valence-corrected chi connectivity index (χ3v) is 4.35. The van der Waals surface area contributed by atoms with E-state index in [0.717, 1.165) is 22.3 Å². The second-order valence-corrected chi connectivity index (χ2v) is 6.42. The Morgan fingerprint density at radius 1 is 0.960 bits per heavy atom. The van der Waals surface area contributed by atoms with Crippen molar-refractivity contribution < 1.29 is 4.79 Å². The summed E-state index contributed by atoms with van der Waals surface area (Å²) < 4.78 is 0. The summed E-state index contributed by atoms with van der Waals surface area (Å²) in [7, 11) is 0. The largest absolute Gasteiger partial charge is 0.341 e. The van der Waals surface area contributed by atoms with Crippen LogP contribution in [0.5, 0.6) is 0 Å². The van der Waals surface area contributed by atoms with Crippen LogP contribution in [0.2, 0.25) is 0 Å². The van der Waals surface area contributed by atoms with Gasteiger partial charge >= 0.3 is 0 Å². The SMILES string of the molecule is Cc1ccc(C(=O)N[C@@H](c2cccnc2)c2cc(C)ccc2C)cc1. The minimum atomic E-state index is -0.234. The normalized spacial score (nSPS) is 11.8. The van der Waals surface area contributed by atoms with Gasteiger partial charge < -0.3 is 5.32 Å². The van der Waals surface area contributed by atoms with Crippen LogP contribution in [-0.2, 0) is 0 Å². The predicted molar refractivity (Wildman–Crippen MR) is 101 cm³/mol. The van der Waals surface area contributed by atoms with Gasteiger partial charge in [0.15, 0.2) is 0 Å². The molecule has 0 bridgehead atoms. The van der Waals surface area contributed by atoms with Crippen LogP contribution in [0.15, 0.2) is 67.0 Å². The van der Waals surface area contributed by atoms with Crippen molar-refractivity contribution in [3.63, 3.8) is 0 Å². The molecule has 0 aliphatic heterocycles. The standard InChI is InChI=1S/C22H22N2O/c1-15-7-10-18(11-8-15)22(25)24-21(19-5-4-12-23-14-19)20-13-16(2)6-9-17(20)3/h4-14,21H,1-3H3,(H,24,25)/t21-/m0/s1. The molecule has 3 rings (SSSR count). The first-order chi connectivity index (χ1) is 12.0. The second kappa shape index (κ2) is 7.31. The minimum absolute atomic E-state index is 0.0882. The van der Waals surface area contributed by atoms with Gasteiger partial charge in [0.05, 0.1) is 6.04 Å². The lowest BCUT2D eigenvalue weighted by molar-refractivity contribution is 0.0943. The van der Waals surface area contributed by atoms with Gasteiger partial charge in [-0.15, -0.1) is 0 Å². The lowest BCUT2D eigenvalue weighted by atomic mass is 9.94. The van der Waals surface area contributed by atoms with Crippen LogP contribution < -0.4 is 5.32 Å². The molecule has 0 spiro atoms. The van der Waals surface area contributed by atoms with Crippen molar-refractivity contribution in [2.75, 3.05) is 0 Å². The van der Waals surface area contributed by atoms with E-state index in [2.05, 4.69) is 42.3 Å². The number of aryl methyl sites for hydroxylation is 3. The van der Waals surface area contributed by atoms with Crippen molar-refractivity contribution in [1.29, 1.82) is 0 Å². The number of amides is 1. The van der Waals surface area contributed by atoms with Crippen molar-refractivity contribution in [1.82, 2.24) is 10.3 Å². The molecule has 126 valence electrons. The van der Waals surface area contributed by atoms with Crippen LogP contribution >= 0.6 is 0 Å². The molecule has 25 heavy (non-hydrogen) atoms. The van der Waals surface area contributed by atoms with Gasteiger partial charge in [0.1, 0.15) is 0 Å². The zero-order valence-corrected chi connectivity index (χ0v) is 14.8. The third-order valence-electron chi connectivity index (χ3n) is 4.35. The van der Waals surface area contributed by atoms with Gasteiger partial charge in [-0.2, -0.15) is 0 Å². The summed E-state index contributed by atoms with van der Waals surface area (Å²) in [4.78, 5) is 17.0. The van der Waals surface area contributed by atoms with Gasteiger partial charge in [-0.3, -0.25) is 9.78 Å². The molecule has 2 aromatic carbocycles. The molecule has 1 heterocycles. The second-order valence-electron chi connectivity index (χ2n) is 6.42. The number of benzene rings is 2. The summed E-state index contributed by atoms with van der Waals surface area (Å²) in [6.07, 6.45) is 3.55. The Bertz CT molecular complexity index is 870.